The number of nitrogens with zero attached hydrogens (tertiary/aromatic N) is 4. The van der Waals surface area contributed by atoms with Gasteiger partial charge in [-0.05, 0) is 38.4 Å². The SMILES string of the molecule is Cc1ccc(OC[C@H]2CCCN(Cc3cnc4nccn4c3)C2)cc1. The first-order valence-corrected chi connectivity index (χ1v) is 8.96. The second kappa shape index (κ2) is 7.23. The van der Waals surface area contributed by atoms with Crippen LogP contribution < -0.4 is 4.74 Å². The summed E-state index contributed by atoms with van der Waals surface area (Å²) in [7, 11) is 0. The van der Waals surface area contributed by atoms with Crippen LogP contribution in [0.15, 0.2) is 49.1 Å². The molecule has 0 amide bonds. The van der Waals surface area contributed by atoms with Crippen molar-refractivity contribution < 1.29 is 4.74 Å². The maximum absolute atomic E-state index is 5.99. The first-order valence-electron chi connectivity index (χ1n) is 8.96. The van der Waals surface area contributed by atoms with Gasteiger partial charge in [-0.15, -0.1) is 0 Å². The molecule has 0 N–H and O–H groups in total. The fourth-order valence-electron chi connectivity index (χ4n) is 3.48. The molecule has 1 atom stereocenters. The Morgan fingerprint density at radius 1 is 1.20 bits per heavy atom. The van der Waals surface area contributed by atoms with Crippen LogP contribution in [-0.4, -0.2) is 39.0 Å². The molecule has 0 aliphatic carbocycles. The molecule has 5 nitrogen and oxygen atoms in total. The second-order valence-electron chi connectivity index (χ2n) is 6.96. The van der Waals surface area contributed by atoms with Crippen molar-refractivity contribution in [2.45, 2.75) is 26.3 Å². The van der Waals surface area contributed by atoms with E-state index in [0.717, 1.165) is 37.8 Å². The first-order chi connectivity index (χ1) is 12.3. The highest BCUT2D eigenvalue weighted by Crippen LogP contribution is 2.20. The molecule has 25 heavy (non-hydrogen) atoms. The first kappa shape index (κ1) is 16.1. The largest absolute Gasteiger partial charge is 0.493 e. The number of likely N-dealkylation sites (tertiary alicyclic amines) is 1. The number of ether oxygens (including phenoxy) is 1. The fraction of sp³-hybridized carbons (Fsp3) is 0.400. The number of piperidine rings is 1. The Labute approximate surface area is 148 Å². The lowest BCUT2D eigenvalue weighted by Gasteiger charge is -2.32. The van der Waals surface area contributed by atoms with Gasteiger partial charge in [-0.25, -0.2) is 9.97 Å². The molecule has 4 rings (SSSR count). The average molecular weight is 336 g/mol. The van der Waals surface area contributed by atoms with Crippen molar-refractivity contribution in [2.24, 2.45) is 5.92 Å². The Bertz CT molecular complexity index is 827. The number of fused-ring (bicyclic) bond motifs is 1. The van der Waals surface area contributed by atoms with Gasteiger partial charge >= 0.3 is 0 Å². The van der Waals surface area contributed by atoms with E-state index in [-0.39, 0.29) is 0 Å². The summed E-state index contributed by atoms with van der Waals surface area (Å²) in [6.45, 7) is 6.04. The van der Waals surface area contributed by atoms with Gasteiger partial charge in [-0.1, -0.05) is 17.7 Å². The van der Waals surface area contributed by atoms with Gasteiger partial charge in [-0.2, -0.15) is 0 Å². The minimum atomic E-state index is 0.583. The summed E-state index contributed by atoms with van der Waals surface area (Å²) < 4.78 is 7.98. The second-order valence-corrected chi connectivity index (χ2v) is 6.96. The topological polar surface area (TPSA) is 42.7 Å². The molecule has 0 spiro atoms. The van der Waals surface area contributed by atoms with Crippen molar-refractivity contribution in [1.29, 1.82) is 0 Å². The molecule has 1 aliphatic heterocycles. The van der Waals surface area contributed by atoms with Crippen molar-refractivity contribution >= 4 is 5.78 Å². The van der Waals surface area contributed by atoms with Crippen molar-refractivity contribution in [3.05, 3.63) is 60.2 Å². The van der Waals surface area contributed by atoms with Gasteiger partial charge in [0.2, 0.25) is 5.78 Å². The third-order valence-corrected chi connectivity index (χ3v) is 4.81. The van der Waals surface area contributed by atoms with E-state index in [0.29, 0.717) is 5.92 Å². The van der Waals surface area contributed by atoms with Crippen LogP contribution in [0.25, 0.3) is 5.78 Å². The molecule has 0 saturated carbocycles. The molecule has 1 saturated heterocycles. The van der Waals surface area contributed by atoms with E-state index in [4.69, 9.17) is 4.74 Å². The van der Waals surface area contributed by atoms with Crippen molar-refractivity contribution in [3.8, 4) is 5.75 Å². The van der Waals surface area contributed by atoms with Gasteiger partial charge in [0, 0.05) is 49.4 Å². The number of aryl methyl sites for hydroxylation is 1. The standard InChI is InChI=1S/C20H24N4O/c1-16-4-6-19(7-5-16)25-15-17-3-2-9-23(12-17)13-18-11-22-20-21-8-10-24(20)14-18/h4-8,10-11,14,17H,2-3,9,12-13,15H2,1H3/t17-/m0/s1. The monoisotopic (exact) mass is 336 g/mol. The van der Waals surface area contributed by atoms with E-state index in [1.165, 1.54) is 24.0 Å². The van der Waals surface area contributed by atoms with Crippen LogP contribution >= 0.6 is 0 Å². The Morgan fingerprint density at radius 2 is 2.08 bits per heavy atom. The zero-order valence-corrected chi connectivity index (χ0v) is 14.6. The Balaban J connectivity index is 1.33. The van der Waals surface area contributed by atoms with E-state index in [2.05, 4.69) is 52.3 Å². The number of imidazole rings is 1. The van der Waals surface area contributed by atoms with Crippen LogP contribution in [-0.2, 0) is 6.54 Å². The van der Waals surface area contributed by atoms with Crippen LogP contribution in [0.1, 0.15) is 24.0 Å². The molecule has 0 radical (unpaired) electrons. The number of rotatable bonds is 5. The summed E-state index contributed by atoms with van der Waals surface area (Å²) in [5.41, 5.74) is 2.49. The van der Waals surface area contributed by atoms with Crippen molar-refractivity contribution in [3.63, 3.8) is 0 Å². The van der Waals surface area contributed by atoms with E-state index in [1.807, 2.05) is 16.8 Å². The van der Waals surface area contributed by atoms with Crippen LogP contribution in [0.5, 0.6) is 5.75 Å². The fourth-order valence-corrected chi connectivity index (χ4v) is 3.48. The van der Waals surface area contributed by atoms with Crippen LogP contribution in [0, 0.1) is 12.8 Å². The maximum atomic E-state index is 5.99. The zero-order valence-electron chi connectivity index (χ0n) is 14.6. The lowest BCUT2D eigenvalue weighted by atomic mass is 9.98. The molecular formula is C20H24N4O. The summed E-state index contributed by atoms with van der Waals surface area (Å²) in [6, 6.07) is 8.31. The normalized spacial score (nSPS) is 18.5. The molecule has 1 fully saturated rings. The maximum Gasteiger partial charge on any atom is 0.233 e. The van der Waals surface area contributed by atoms with Gasteiger partial charge in [0.15, 0.2) is 0 Å². The van der Waals surface area contributed by atoms with Gasteiger partial charge in [-0.3, -0.25) is 9.30 Å². The molecule has 2 aromatic heterocycles. The third kappa shape index (κ3) is 3.99. The molecule has 5 heteroatoms. The van der Waals surface area contributed by atoms with Gasteiger partial charge < -0.3 is 4.74 Å². The van der Waals surface area contributed by atoms with Gasteiger partial charge in [0.05, 0.1) is 6.61 Å². The number of hydrogen-bond acceptors (Lipinski definition) is 4. The number of benzene rings is 1. The summed E-state index contributed by atoms with van der Waals surface area (Å²) in [4.78, 5) is 11.1. The molecule has 3 heterocycles. The van der Waals surface area contributed by atoms with E-state index in [9.17, 15) is 0 Å². The van der Waals surface area contributed by atoms with Gasteiger partial charge in [0.25, 0.3) is 0 Å². The molecular weight excluding hydrogens is 312 g/mol. The quantitative estimate of drug-likeness (QED) is 0.717. The van der Waals surface area contributed by atoms with Gasteiger partial charge in [0.1, 0.15) is 5.75 Å². The molecule has 0 unspecified atom stereocenters. The van der Waals surface area contributed by atoms with Crippen molar-refractivity contribution in [2.75, 3.05) is 19.7 Å². The number of aromatic nitrogens is 3. The third-order valence-electron chi connectivity index (χ3n) is 4.81. The lowest BCUT2D eigenvalue weighted by molar-refractivity contribution is 0.125. The summed E-state index contributed by atoms with van der Waals surface area (Å²) >= 11 is 0. The minimum Gasteiger partial charge on any atom is -0.493 e. The lowest BCUT2D eigenvalue weighted by Crippen LogP contribution is -2.37. The summed E-state index contributed by atoms with van der Waals surface area (Å²) in [5.74, 6) is 2.31. The Hall–Kier alpha value is -2.40. The molecule has 1 aliphatic rings. The van der Waals surface area contributed by atoms with Crippen LogP contribution in [0.3, 0.4) is 0 Å². The Morgan fingerprint density at radius 3 is 2.96 bits per heavy atom. The molecule has 130 valence electrons. The average Bonchev–Trinajstić information content (AvgIpc) is 3.09. The van der Waals surface area contributed by atoms with E-state index < -0.39 is 0 Å². The highest BCUT2D eigenvalue weighted by Gasteiger charge is 2.20. The minimum absolute atomic E-state index is 0.583. The van der Waals surface area contributed by atoms with E-state index >= 15 is 0 Å². The summed E-state index contributed by atoms with van der Waals surface area (Å²) in [6.07, 6.45) is 10.3. The number of hydrogen-bond donors (Lipinski definition) is 0. The molecule has 0 bridgehead atoms. The predicted octanol–water partition coefficient (Wildman–Crippen LogP) is 3.33. The highest BCUT2D eigenvalue weighted by atomic mass is 16.5. The highest BCUT2D eigenvalue weighted by molar-refractivity contribution is 5.28. The van der Waals surface area contributed by atoms with Crippen LogP contribution in [0.2, 0.25) is 0 Å². The van der Waals surface area contributed by atoms with E-state index in [1.54, 1.807) is 6.20 Å². The van der Waals surface area contributed by atoms with Crippen molar-refractivity contribution in [1.82, 2.24) is 19.3 Å². The van der Waals surface area contributed by atoms with Crippen LogP contribution in [0.4, 0.5) is 0 Å². The molecule has 1 aromatic carbocycles. The Kier molecular flexibility index (Phi) is 4.65. The smallest absolute Gasteiger partial charge is 0.233 e. The summed E-state index contributed by atoms with van der Waals surface area (Å²) in [5, 5.41) is 0. The zero-order chi connectivity index (χ0) is 17.1. The molecule has 3 aromatic rings. The predicted molar refractivity (Wildman–Crippen MR) is 97.7 cm³/mol.